The molecule has 1 aromatic rings. The average Bonchev–Trinajstić information content (AvgIpc) is 2.45. The topological polar surface area (TPSA) is 47.6 Å². The molecule has 0 aliphatic rings. The van der Waals surface area contributed by atoms with Crippen LogP contribution in [0.15, 0.2) is 24.3 Å². The molecule has 1 atom stereocenters. The van der Waals surface area contributed by atoms with Gasteiger partial charge in [-0.25, -0.2) is 4.79 Å². The van der Waals surface area contributed by atoms with Gasteiger partial charge in [-0.1, -0.05) is 13.0 Å². The van der Waals surface area contributed by atoms with Gasteiger partial charge in [-0.3, -0.25) is 0 Å². The van der Waals surface area contributed by atoms with Crippen LogP contribution in [0.5, 0.6) is 5.75 Å². The molecule has 1 unspecified atom stereocenters. The van der Waals surface area contributed by atoms with Crippen molar-refractivity contribution in [2.45, 2.75) is 19.4 Å². The van der Waals surface area contributed by atoms with Crippen LogP contribution >= 0.6 is 11.8 Å². The number of ether oxygens (including phenoxy) is 2. The number of rotatable bonds is 8. The lowest BCUT2D eigenvalue weighted by atomic mass is 10.2. The van der Waals surface area contributed by atoms with Gasteiger partial charge >= 0.3 is 5.97 Å². The summed E-state index contributed by atoms with van der Waals surface area (Å²) in [5.74, 6) is 2.50. The van der Waals surface area contributed by atoms with Crippen LogP contribution in [-0.2, 0) is 9.53 Å². The van der Waals surface area contributed by atoms with Crippen molar-refractivity contribution >= 4 is 23.4 Å². The Bertz CT molecular complexity index is 398. The van der Waals surface area contributed by atoms with Gasteiger partial charge in [0, 0.05) is 11.8 Å². The molecule has 0 spiro atoms. The Labute approximate surface area is 118 Å². The molecule has 1 aromatic carbocycles. The number of hydrogen-bond donors (Lipinski definition) is 1. The van der Waals surface area contributed by atoms with Gasteiger partial charge in [0.1, 0.15) is 11.8 Å². The molecule has 0 heterocycles. The Morgan fingerprint density at radius 3 is 2.84 bits per heavy atom. The fourth-order valence-corrected chi connectivity index (χ4v) is 2.34. The summed E-state index contributed by atoms with van der Waals surface area (Å²) >= 11 is 1.81. The highest BCUT2D eigenvalue weighted by molar-refractivity contribution is 7.99. The Morgan fingerprint density at radius 1 is 1.42 bits per heavy atom. The molecule has 0 aliphatic carbocycles. The van der Waals surface area contributed by atoms with E-state index >= 15 is 0 Å². The number of methoxy groups -OCH3 is 2. The van der Waals surface area contributed by atoms with Gasteiger partial charge in [-0.2, -0.15) is 11.8 Å². The zero-order valence-corrected chi connectivity index (χ0v) is 12.5. The van der Waals surface area contributed by atoms with Crippen LogP contribution in [0.25, 0.3) is 0 Å². The predicted molar refractivity (Wildman–Crippen MR) is 80.0 cm³/mol. The molecule has 106 valence electrons. The number of esters is 1. The Balaban J connectivity index is 2.66. The molecule has 0 amide bonds. The van der Waals surface area contributed by atoms with E-state index in [1.165, 1.54) is 7.11 Å². The van der Waals surface area contributed by atoms with E-state index in [1.807, 2.05) is 36.0 Å². The zero-order valence-electron chi connectivity index (χ0n) is 11.6. The molecule has 1 N–H and O–H groups in total. The summed E-state index contributed by atoms with van der Waals surface area (Å²) < 4.78 is 9.99. The summed E-state index contributed by atoms with van der Waals surface area (Å²) in [6, 6.07) is 7.20. The summed E-state index contributed by atoms with van der Waals surface area (Å²) in [6.45, 7) is 2.10. The number of carbonyl (C=O) groups is 1. The highest BCUT2D eigenvalue weighted by atomic mass is 32.2. The molecular weight excluding hydrogens is 262 g/mol. The molecule has 4 nitrogen and oxygen atoms in total. The fraction of sp³-hybridized carbons (Fsp3) is 0.500. The minimum Gasteiger partial charge on any atom is -0.497 e. The maximum absolute atomic E-state index is 11.7. The maximum atomic E-state index is 11.7. The minimum atomic E-state index is -0.323. The molecule has 1 rings (SSSR count). The number of hydrogen-bond acceptors (Lipinski definition) is 5. The van der Waals surface area contributed by atoms with Gasteiger partial charge in [0.2, 0.25) is 0 Å². The highest BCUT2D eigenvalue weighted by Crippen LogP contribution is 2.19. The van der Waals surface area contributed by atoms with E-state index in [1.54, 1.807) is 7.11 Å². The normalized spacial score (nSPS) is 11.7. The molecule has 0 radical (unpaired) electrons. The molecule has 5 heteroatoms. The van der Waals surface area contributed by atoms with Crippen molar-refractivity contribution in [3.8, 4) is 5.75 Å². The van der Waals surface area contributed by atoms with Crippen molar-refractivity contribution in [1.82, 2.24) is 0 Å². The van der Waals surface area contributed by atoms with Crippen molar-refractivity contribution in [2.24, 2.45) is 0 Å². The molecule has 0 saturated carbocycles. The number of nitrogens with one attached hydrogen (secondary N) is 1. The Hall–Kier alpha value is -1.36. The second-order valence-corrected chi connectivity index (χ2v) is 5.33. The zero-order chi connectivity index (χ0) is 14.1. The maximum Gasteiger partial charge on any atom is 0.328 e. The lowest BCUT2D eigenvalue weighted by Gasteiger charge is -2.17. The van der Waals surface area contributed by atoms with Crippen LogP contribution in [0.3, 0.4) is 0 Å². The lowest BCUT2D eigenvalue weighted by Crippen LogP contribution is -2.31. The second kappa shape index (κ2) is 8.69. The third kappa shape index (κ3) is 5.42. The van der Waals surface area contributed by atoms with Crippen LogP contribution in [0.2, 0.25) is 0 Å². The quantitative estimate of drug-likeness (QED) is 0.587. The first-order valence-corrected chi connectivity index (χ1v) is 7.42. The Kier molecular flexibility index (Phi) is 7.18. The molecule has 0 aliphatic heterocycles. The summed E-state index contributed by atoms with van der Waals surface area (Å²) in [4.78, 5) is 11.7. The molecule has 0 aromatic heterocycles. The molecule has 0 bridgehead atoms. The fourth-order valence-electron chi connectivity index (χ4n) is 1.65. The average molecular weight is 283 g/mol. The number of thioether (sulfide) groups is 1. The van der Waals surface area contributed by atoms with Crippen LogP contribution in [0, 0.1) is 0 Å². The van der Waals surface area contributed by atoms with Crippen LogP contribution in [-0.4, -0.2) is 37.7 Å². The summed E-state index contributed by atoms with van der Waals surface area (Å²) in [7, 11) is 3.03. The van der Waals surface area contributed by atoms with Gasteiger partial charge in [0.25, 0.3) is 0 Å². The SMILES string of the molecule is CCSCCC(Nc1cccc(OC)c1)C(=O)OC. The van der Waals surface area contributed by atoms with E-state index in [0.29, 0.717) is 0 Å². The van der Waals surface area contributed by atoms with Crippen LogP contribution in [0.1, 0.15) is 13.3 Å². The van der Waals surface area contributed by atoms with Gasteiger partial charge in [0.05, 0.1) is 14.2 Å². The highest BCUT2D eigenvalue weighted by Gasteiger charge is 2.18. The monoisotopic (exact) mass is 283 g/mol. The van der Waals surface area contributed by atoms with E-state index < -0.39 is 0 Å². The summed E-state index contributed by atoms with van der Waals surface area (Å²) in [5, 5.41) is 3.20. The van der Waals surface area contributed by atoms with E-state index in [-0.39, 0.29) is 12.0 Å². The summed E-state index contributed by atoms with van der Waals surface area (Å²) in [6.07, 6.45) is 0.738. The van der Waals surface area contributed by atoms with E-state index in [2.05, 4.69) is 12.2 Å². The van der Waals surface area contributed by atoms with Crippen LogP contribution < -0.4 is 10.1 Å². The van der Waals surface area contributed by atoms with E-state index in [4.69, 9.17) is 9.47 Å². The number of benzene rings is 1. The van der Waals surface area contributed by atoms with Crippen molar-refractivity contribution in [3.63, 3.8) is 0 Å². The number of anilines is 1. The Morgan fingerprint density at radius 2 is 2.21 bits per heavy atom. The smallest absolute Gasteiger partial charge is 0.328 e. The minimum absolute atomic E-state index is 0.237. The number of carbonyl (C=O) groups excluding carboxylic acids is 1. The van der Waals surface area contributed by atoms with E-state index in [0.717, 1.165) is 29.4 Å². The van der Waals surface area contributed by atoms with Gasteiger partial charge in [0.15, 0.2) is 0 Å². The molecule has 0 saturated heterocycles. The standard InChI is InChI=1S/C14H21NO3S/c1-4-19-9-8-13(14(16)18-3)15-11-6-5-7-12(10-11)17-2/h5-7,10,13,15H,4,8-9H2,1-3H3. The molecule has 0 fully saturated rings. The van der Waals surface area contributed by atoms with Crippen molar-refractivity contribution < 1.29 is 14.3 Å². The van der Waals surface area contributed by atoms with Crippen molar-refractivity contribution in [3.05, 3.63) is 24.3 Å². The largest absolute Gasteiger partial charge is 0.497 e. The summed E-state index contributed by atoms with van der Waals surface area (Å²) in [5.41, 5.74) is 0.858. The molecular formula is C14H21NO3S. The van der Waals surface area contributed by atoms with E-state index in [9.17, 15) is 4.79 Å². The first-order chi connectivity index (χ1) is 9.21. The lowest BCUT2D eigenvalue weighted by molar-refractivity contribution is -0.141. The first kappa shape index (κ1) is 15.7. The van der Waals surface area contributed by atoms with Gasteiger partial charge < -0.3 is 14.8 Å². The first-order valence-electron chi connectivity index (χ1n) is 6.27. The van der Waals surface area contributed by atoms with Gasteiger partial charge in [-0.15, -0.1) is 0 Å². The van der Waals surface area contributed by atoms with Gasteiger partial charge in [-0.05, 0) is 30.1 Å². The second-order valence-electron chi connectivity index (χ2n) is 3.94. The third-order valence-corrected chi connectivity index (χ3v) is 3.58. The predicted octanol–water partition coefficient (Wildman–Crippen LogP) is 2.79. The molecule has 19 heavy (non-hydrogen) atoms. The van der Waals surface area contributed by atoms with Crippen LogP contribution in [0.4, 0.5) is 5.69 Å². The van der Waals surface area contributed by atoms with Crippen molar-refractivity contribution in [2.75, 3.05) is 31.0 Å². The third-order valence-electron chi connectivity index (χ3n) is 2.65. The van der Waals surface area contributed by atoms with Crippen molar-refractivity contribution in [1.29, 1.82) is 0 Å².